The number of unbranched alkanes of at least 4 members (excludes halogenated alkanes) is 14. The summed E-state index contributed by atoms with van der Waals surface area (Å²) in [5.74, 6) is -0.143. The number of aliphatic hydroxyl groups is 2. The van der Waals surface area contributed by atoms with Crippen molar-refractivity contribution in [3.63, 3.8) is 0 Å². The molecule has 0 bridgehead atoms. The monoisotopic (exact) mass is 513 g/mol. The van der Waals surface area contributed by atoms with Crippen LogP contribution in [0.5, 0.6) is 0 Å². The van der Waals surface area contributed by atoms with Crippen molar-refractivity contribution in [2.45, 2.75) is 168 Å². The molecular formula is C31H63NO4. The van der Waals surface area contributed by atoms with Gasteiger partial charge in [-0.25, -0.2) is 0 Å². The molecule has 0 aliphatic rings. The summed E-state index contributed by atoms with van der Waals surface area (Å²) in [5.41, 5.74) is 0. The highest BCUT2D eigenvalue weighted by atomic mass is 16.5. The summed E-state index contributed by atoms with van der Waals surface area (Å²) in [5, 5.41) is 21.3. The lowest BCUT2D eigenvalue weighted by Crippen LogP contribution is -2.39. The van der Waals surface area contributed by atoms with E-state index < -0.39 is 0 Å². The fourth-order valence-corrected chi connectivity index (χ4v) is 4.80. The molecule has 0 aliphatic heterocycles. The number of ether oxygens (including phenoxy) is 1. The Kier molecular flexibility index (Phi) is 26.9. The van der Waals surface area contributed by atoms with Crippen LogP contribution in [0.3, 0.4) is 0 Å². The van der Waals surface area contributed by atoms with E-state index in [0.717, 1.165) is 32.1 Å². The summed E-state index contributed by atoms with van der Waals surface area (Å²) in [7, 11) is 0. The van der Waals surface area contributed by atoms with Crippen LogP contribution >= 0.6 is 0 Å². The van der Waals surface area contributed by atoms with Crippen molar-refractivity contribution >= 4 is 5.97 Å². The van der Waals surface area contributed by atoms with Gasteiger partial charge in [-0.15, -0.1) is 0 Å². The van der Waals surface area contributed by atoms with E-state index in [-0.39, 0.29) is 18.2 Å². The lowest BCUT2D eigenvalue weighted by molar-refractivity contribution is -0.143. The predicted octanol–water partition coefficient (Wildman–Crippen LogP) is 7.81. The first kappa shape index (κ1) is 35.4. The lowest BCUT2D eigenvalue weighted by atomic mass is 10.0. The van der Waals surface area contributed by atoms with Crippen molar-refractivity contribution in [3.8, 4) is 0 Å². The Bertz CT molecular complexity index is 432. The second-order valence-electron chi connectivity index (χ2n) is 10.9. The van der Waals surface area contributed by atoms with Crippen molar-refractivity contribution in [2.24, 2.45) is 0 Å². The SMILES string of the molecule is CCCCCCCCCCC(O)CN(CCCC(=O)OCCC)CC(O)CCCCCCCCCC. The van der Waals surface area contributed by atoms with Gasteiger partial charge in [-0.2, -0.15) is 0 Å². The summed E-state index contributed by atoms with van der Waals surface area (Å²) >= 11 is 0. The zero-order chi connectivity index (χ0) is 26.7. The molecule has 0 aliphatic carbocycles. The Morgan fingerprint density at radius 2 is 1.03 bits per heavy atom. The number of rotatable bonds is 28. The van der Waals surface area contributed by atoms with Crippen LogP contribution in [0.4, 0.5) is 0 Å². The normalized spacial score (nSPS) is 13.3. The van der Waals surface area contributed by atoms with Crippen LogP contribution in [0.1, 0.15) is 156 Å². The number of carbonyl (C=O) groups is 1. The molecule has 0 saturated carbocycles. The maximum absolute atomic E-state index is 11.9. The fourth-order valence-electron chi connectivity index (χ4n) is 4.80. The molecule has 36 heavy (non-hydrogen) atoms. The Labute approximate surface area is 224 Å². The van der Waals surface area contributed by atoms with Crippen LogP contribution < -0.4 is 0 Å². The van der Waals surface area contributed by atoms with Crippen molar-refractivity contribution in [1.82, 2.24) is 4.90 Å². The summed E-state index contributed by atoms with van der Waals surface area (Å²) in [4.78, 5) is 14.0. The average Bonchev–Trinajstić information content (AvgIpc) is 2.85. The number of aliphatic hydroxyl groups excluding tert-OH is 2. The molecule has 216 valence electrons. The second-order valence-corrected chi connectivity index (χ2v) is 10.9. The molecule has 0 rings (SSSR count). The van der Waals surface area contributed by atoms with Crippen molar-refractivity contribution in [1.29, 1.82) is 0 Å². The average molecular weight is 514 g/mol. The molecule has 0 aromatic carbocycles. The molecule has 0 radical (unpaired) electrons. The molecule has 0 heterocycles. The van der Waals surface area contributed by atoms with Crippen LogP contribution in [-0.2, 0) is 9.53 Å². The first-order valence-electron chi connectivity index (χ1n) is 15.8. The van der Waals surface area contributed by atoms with Gasteiger partial charge in [0.15, 0.2) is 0 Å². The molecule has 2 atom stereocenters. The number of esters is 1. The van der Waals surface area contributed by atoms with E-state index in [1.54, 1.807) is 0 Å². The summed E-state index contributed by atoms with van der Waals surface area (Å²) in [6.07, 6.45) is 23.1. The number of hydrogen-bond acceptors (Lipinski definition) is 5. The largest absolute Gasteiger partial charge is 0.466 e. The van der Waals surface area contributed by atoms with Crippen molar-refractivity contribution < 1.29 is 19.7 Å². The fraction of sp³-hybridized carbons (Fsp3) is 0.968. The van der Waals surface area contributed by atoms with E-state index >= 15 is 0 Å². The quantitative estimate of drug-likeness (QED) is 0.0824. The summed E-state index contributed by atoms with van der Waals surface area (Å²) < 4.78 is 5.19. The van der Waals surface area contributed by atoms with E-state index in [1.807, 2.05) is 6.92 Å². The van der Waals surface area contributed by atoms with Crippen molar-refractivity contribution in [2.75, 3.05) is 26.2 Å². The van der Waals surface area contributed by atoms with E-state index in [9.17, 15) is 15.0 Å². The van der Waals surface area contributed by atoms with Crippen LogP contribution in [0.2, 0.25) is 0 Å². The van der Waals surface area contributed by atoms with Gasteiger partial charge in [-0.05, 0) is 32.2 Å². The van der Waals surface area contributed by atoms with Crippen molar-refractivity contribution in [3.05, 3.63) is 0 Å². The van der Waals surface area contributed by atoms with Gasteiger partial charge in [-0.1, -0.05) is 124 Å². The summed E-state index contributed by atoms with van der Waals surface area (Å²) in [6, 6.07) is 0. The van der Waals surface area contributed by atoms with Crippen LogP contribution in [0, 0.1) is 0 Å². The molecule has 2 N–H and O–H groups in total. The second kappa shape index (κ2) is 27.4. The Hall–Kier alpha value is -0.650. The topological polar surface area (TPSA) is 70.0 Å². The van der Waals surface area contributed by atoms with Gasteiger partial charge < -0.3 is 14.9 Å². The van der Waals surface area contributed by atoms with E-state index in [0.29, 0.717) is 39.1 Å². The Morgan fingerprint density at radius 1 is 0.611 bits per heavy atom. The highest BCUT2D eigenvalue weighted by molar-refractivity contribution is 5.69. The number of nitrogens with zero attached hydrogens (tertiary/aromatic N) is 1. The zero-order valence-electron chi connectivity index (χ0n) is 24.5. The number of hydrogen-bond donors (Lipinski definition) is 2. The molecule has 0 fully saturated rings. The molecular weight excluding hydrogens is 450 g/mol. The third-order valence-electron chi connectivity index (χ3n) is 7.04. The zero-order valence-corrected chi connectivity index (χ0v) is 24.5. The summed E-state index contributed by atoms with van der Waals surface area (Å²) in [6.45, 7) is 8.85. The van der Waals surface area contributed by atoms with Gasteiger partial charge in [-0.3, -0.25) is 9.69 Å². The van der Waals surface area contributed by atoms with E-state index in [2.05, 4.69) is 18.7 Å². The molecule has 0 saturated heterocycles. The molecule has 0 spiro atoms. The van der Waals surface area contributed by atoms with Gasteiger partial charge in [0.1, 0.15) is 0 Å². The first-order valence-corrected chi connectivity index (χ1v) is 15.8. The highest BCUT2D eigenvalue weighted by Crippen LogP contribution is 2.14. The predicted molar refractivity (Wildman–Crippen MR) is 153 cm³/mol. The maximum atomic E-state index is 11.9. The van der Waals surface area contributed by atoms with Gasteiger partial charge in [0.2, 0.25) is 0 Å². The third kappa shape index (κ3) is 25.0. The minimum absolute atomic E-state index is 0.143. The van der Waals surface area contributed by atoms with E-state index in [1.165, 1.54) is 89.9 Å². The Balaban J connectivity index is 4.27. The van der Waals surface area contributed by atoms with Crippen LogP contribution in [0.25, 0.3) is 0 Å². The minimum atomic E-state index is -0.368. The maximum Gasteiger partial charge on any atom is 0.305 e. The minimum Gasteiger partial charge on any atom is -0.466 e. The molecule has 0 amide bonds. The molecule has 5 nitrogen and oxygen atoms in total. The highest BCUT2D eigenvalue weighted by Gasteiger charge is 2.16. The van der Waals surface area contributed by atoms with Gasteiger partial charge in [0, 0.05) is 19.5 Å². The lowest BCUT2D eigenvalue weighted by Gasteiger charge is -2.27. The van der Waals surface area contributed by atoms with Crippen LogP contribution in [-0.4, -0.2) is 59.5 Å². The first-order chi connectivity index (χ1) is 17.5. The van der Waals surface area contributed by atoms with Gasteiger partial charge >= 0.3 is 5.97 Å². The Morgan fingerprint density at radius 3 is 1.44 bits per heavy atom. The molecule has 2 unspecified atom stereocenters. The number of carbonyl (C=O) groups excluding carboxylic acids is 1. The molecule has 0 aromatic heterocycles. The van der Waals surface area contributed by atoms with E-state index in [4.69, 9.17) is 4.74 Å². The van der Waals surface area contributed by atoms with Gasteiger partial charge in [0.25, 0.3) is 0 Å². The van der Waals surface area contributed by atoms with Crippen LogP contribution in [0.15, 0.2) is 0 Å². The van der Waals surface area contributed by atoms with Gasteiger partial charge in [0.05, 0.1) is 18.8 Å². The molecule has 5 heteroatoms. The third-order valence-corrected chi connectivity index (χ3v) is 7.04. The molecule has 0 aromatic rings. The smallest absolute Gasteiger partial charge is 0.305 e. The standard InChI is InChI=1S/C31H63NO4/c1-4-7-9-11-13-15-17-19-22-29(33)27-32(25-21-24-31(35)36-26-6-3)28-30(34)23-20-18-16-14-12-10-8-5-2/h29-30,33-34H,4-28H2,1-3H3.